The van der Waals surface area contributed by atoms with Crippen LogP contribution in [0.1, 0.15) is 26.3 Å². The maximum Gasteiger partial charge on any atom is 0.270 e. The van der Waals surface area contributed by atoms with Crippen LogP contribution in [0.5, 0.6) is 0 Å². The van der Waals surface area contributed by atoms with Crippen molar-refractivity contribution in [1.29, 1.82) is 0 Å². The van der Waals surface area contributed by atoms with Crippen LogP contribution in [0.4, 0.5) is 10.1 Å². The number of non-ortho nitro benzene ring substituents is 1. The highest BCUT2D eigenvalue weighted by atomic mass is 35.5. The number of hydrogen-bond acceptors (Lipinski definition) is 5. The molecular formula is C18H13ClFN3O5. The molecule has 1 aliphatic rings. The van der Waals surface area contributed by atoms with Crippen molar-refractivity contribution in [2.24, 2.45) is 0 Å². The fraction of sp³-hybridized carbons (Fsp3) is 0.167. The van der Waals surface area contributed by atoms with E-state index in [9.17, 15) is 28.9 Å². The Morgan fingerprint density at radius 1 is 1.21 bits per heavy atom. The Bertz CT molecular complexity index is 1010. The summed E-state index contributed by atoms with van der Waals surface area (Å²) < 4.78 is 13.9. The van der Waals surface area contributed by atoms with Crippen molar-refractivity contribution in [1.82, 2.24) is 9.80 Å². The lowest BCUT2D eigenvalue weighted by molar-refractivity contribution is -0.384. The van der Waals surface area contributed by atoms with E-state index in [1.807, 2.05) is 0 Å². The van der Waals surface area contributed by atoms with E-state index in [2.05, 4.69) is 0 Å². The average Bonchev–Trinajstić information content (AvgIpc) is 2.89. The van der Waals surface area contributed by atoms with E-state index in [1.54, 1.807) is 0 Å². The normalized spacial score (nSPS) is 12.9. The maximum absolute atomic E-state index is 13.9. The molecule has 2 aromatic rings. The van der Waals surface area contributed by atoms with Crippen molar-refractivity contribution in [2.75, 3.05) is 13.6 Å². The van der Waals surface area contributed by atoms with Gasteiger partial charge in [-0.3, -0.25) is 29.4 Å². The minimum atomic E-state index is -0.797. The molecule has 0 atom stereocenters. The van der Waals surface area contributed by atoms with Crippen LogP contribution in [-0.2, 0) is 11.3 Å². The first-order chi connectivity index (χ1) is 13.2. The van der Waals surface area contributed by atoms with E-state index in [4.69, 9.17) is 11.6 Å². The second-order valence-electron chi connectivity index (χ2n) is 6.13. The molecular weight excluding hydrogens is 393 g/mol. The van der Waals surface area contributed by atoms with E-state index < -0.39 is 35.0 Å². The molecule has 0 spiro atoms. The highest BCUT2D eigenvalue weighted by Crippen LogP contribution is 2.27. The second kappa shape index (κ2) is 7.35. The van der Waals surface area contributed by atoms with Gasteiger partial charge in [0.25, 0.3) is 17.5 Å². The molecule has 0 fully saturated rings. The molecule has 0 radical (unpaired) electrons. The second-order valence-corrected chi connectivity index (χ2v) is 6.54. The van der Waals surface area contributed by atoms with Crippen LogP contribution in [0.25, 0.3) is 0 Å². The summed E-state index contributed by atoms with van der Waals surface area (Å²) in [6.07, 6.45) is 0. The Morgan fingerprint density at radius 2 is 1.89 bits per heavy atom. The molecule has 3 amide bonds. The number of nitrogens with zero attached hydrogens (tertiary/aromatic N) is 3. The van der Waals surface area contributed by atoms with Gasteiger partial charge in [0, 0.05) is 36.3 Å². The number of nitro groups is 1. The van der Waals surface area contributed by atoms with Crippen molar-refractivity contribution < 1.29 is 23.7 Å². The van der Waals surface area contributed by atoms with Gasteiger partial charge in [0.1, 0.15) is 12.4 Å². The van der Waals surface area contributed by atoms with Crippen LogP contribution in [0.3, 0.4) is 0 Å². The van der Waals surface area contributed by atoms with Gasteiger partial charge in [-0.15, -0.1) is 0 Å². The number of benzene rings is 2. The monoisotopic (exact) mass is 405 g/mol. The predicted molar refractivity (Wildman–Crippen MR) is 96.3 cm³/mol. The molecule has 0 aliphatic carbocycles. The third-order valence-electron chi connectivity index (χ3n) is 4.34. The number of halogens is 2. The molecule has 144 valence electrons. The van der Waals surface area contributed by atoms with Gasteiger partial charge in [-0.05, 0) is 18.2 Å². The molecule has 0 N–H and O–H groups in total. The molecule has 28 heavy (non-hydrogen) atoms. The standard InChI is InChI=1S/C18H13ClFN3O5/c1-21(8-13-14(19)3-2-4-15(13)20)16(24)9-22-17(25)11-6-5-10(23(27)28)7-12(11)18(22)26/h2-7H,8-9H2,1H3. The van der Waals surface area contributed by atoms with Gasteiger partial charge in [0.05, 0.1) is 16.1 Å². The Morgan fingerprint density at radius 3 is 2.54 bits per heavy atom. The third-order valence-corrected chi connectivity index (χ3v) is 4.70. The third kappa shape index (κ3) is 3.44. The Hall–Kier alpha value is -3.33. The van der Waals surface area contributed by atoms with Crippen LogP contribution < -0.4 is 0 Å². The molecule has 0 aromatic heterocycles. The summed E-state index contributed by atoms with van der Waals surface area (Å²) in [6.45, 7) is -0.734. The Labute approximate surface area is 163 Å². The topological polar surface area (TPSA) is 101 Å². The maximum atomic E-state index is 13.9. The van der Waals surface area contributed by atoms with Gasteiger partial charge in [0.15, 0.2) is 0 Å². The summed E-state index contributed by atoms with van der Waals surface area (Å²) in [5.74, 6) is -2.72. The molecule has 0 saturated carbocycles. The largest absolute Gasteiger partial charge is 0.340 e. The zero-order valence-electron chi connectivity index (χ0n) is 14.5. The van der Waals surface area contributed by atoms with Crippen molar-refractivity contribution in [3.05, 3.63) is 74.0 Å². The molecule has 0 saturated heterocycles. The summed E-state index contributed by atoms with van der Waals surface area (Å²) in [6, 6.07) is 7.42. The fourth-order valence-corrected chi connectivity index (χ4v) is 3.02. The van der Waals surface area contributed by atoms with E-state index in [0.717, 1.165) is 17.0 Å². The molecule has 10 heteroatoms. The number of imide groups is 1. The number of rotatable bonds is 5. The first-order valence-electron chi connectivity index (χ1n) is 8.02. The highest BCUT2D eigenvalue weighted by molar-refractivity contribution is 6.31. The molecule has 8 nitrogen and oxygen atoms in total. The van der Waals surface area contributed by atoms with Crippen LogP contribution in [0, 0.1) is 15.9 Å². The van der Waals surface area contributed by atoms with Crippen LogP contribution in [0.2, 0.25) is 5.02 Å². The Balaban J connectivity index is 1.76. The minimum Gasteiger partial charge on any atom is -0.340 e. The smallest absolute Gasteiger partial charge is 0.270 e. The number of hydrogen-bond donors (Lipinski definition) is 0. The number of carbonyl (C=O) groups is 3. The molecule has 0 unspecified atom stereocenters. The zero-order chi connectivity index (χ0) is 20.6. The quantitative estimate of drug-likeness (QED) is 0.432. The minimum absolute atomic E-state index is 0.0109. The average molecular weight is 406 g/mol. The van der Waals surface area contributed by atoms with E-state index >= 15 is 0 Å². The summed E-state index contributed by atoms with van der Waals surface area (Å²) in [4.78, 5) is 49.3. The van der Waals surface area contributed by atoms with Gasteiger partial charge in [-0.25, -0.2) is 4.39 Å². The number of likely N-dealkylation sites (N-methyl/N-ethyl adjacent to an activating group) is 1. The molecule has 0 bridgehead atoms. The lowest BCUT2D eigenvalue weighted by atomic mass is 10.1. The van der Waals surface area contributed by atoms with Crippen molar-refractivity contribution in [2.45, 2.75) is 6.54 Å². The lowest BCUT2D eigenvalue weighted by Gasteiger charge is -2.21. The fourth-order valence-electron chi connectivity index (χ4n) is 2.80. The van der Waals surface area contributed by atoms with Gasteiger partial charge < -0.3 is 4.90 Å². The first-order valence-corrected chi connectivity index (χ1v) is 8.40. The summed E-state index contributed by atoms with van der Waals surface area (Å²) >= 11 is 5.94. The van der Waals surface area contributed by atoms with Crippen LogP contribution in [-0.4, -0.2) is 46.0 Å². The van der Waals surface area contributed by atoms with Crippen molar-refractivity contribution in [3.63, 3.8) is 0 Å². The zero-order valence-corrected chi connectivity index (χ0v) is 15.3. The van der Waals surface area contributed by atoms with Gasteiger partial charge in [-0.1, -0.05) is 17.7 Å². The van der Waals surface area contributed by atoms with Crippen LogP contribution in [0.15, 0.2) is 36.4 Å². The summed E-state index contributed by atoms with van der Waals surface area (Å²) in [7, 11) is 1.38. The number of carbonyl (C=O) groups excluding carboxylic acids is 3. The van der Waals surface area contributed by atoms with Gasteiger partial charge in [0.2, 0.25) is 5.91 Å². The van der Waals surface area contributed by atoms with Crippen molar-refractivity contribution in [3.8, 4) is 0 Å². The van der Waals surface area contributed by atoms with Crippen molar-refractivity contribution >= 4 is 35.0 Å². The number of fused-ring (bicyclic) bond motifs is 1. The van der Waals surface area contributed by atoms with Crippen LogP contribution >= 0.6 is 11.6 Å². The van der Waals surface area contributed by atoms with Gasteiger partial charge >= 0.3 is 0 Å². The Kier molecular flexibility index (Phi) is 5.10. The summed E-state index contributed by atoms with van der Waals surface area (Å²) in [5, 5.41) is 11.0. The van der Waals surface area contributed by atoms with E-state index in [0.29, 0.717) is 4.90 Å². The molecule has 1 heterocycles. The van der Waals surface area contributed by atoms with E-state index in [1.165, 1.54) is 31.3 Å². The summed E-state index contributed by atoms with van der Waals surface area (Å²) in [5.41, 5.74) is -0.368. The number of nitro benzene ring substituents is 1. The predicted octanol–water partition coefficient (Wildman–Crippen LogP) is 2.64. The van der Waals surface area contributed by atoms with Gasteiger partial charge in [-0.2, -0.15) is 0 Å². The highest BCUT2D eigenvalue weighted by Gasteiger charge is 2.38. The molecule has 2 aromatic carbocycles. The van der Waals surface area contributed by atoms with E-state index in [-0.39, 0.29) is 33.9 Å². The number of amides is 3. The first kappa shape index (κ1) is 19.4. The molecule has 1 aliphatic heterocycles. The SMILES string of the molecule is CN(Cc1c(F)cccc1Cl)C(=O)CN1C(=O)c2ccc([N+](=O)[O-])cc2C1=O. The molecule has 3 rings (SSSR count). The lowest BCUT2D eigenvalue weighted by Crippen LogP contribution is -2.41.